The lowest BCUT2D eigenvalue weighted by Gasteiger charge is -2.40. The molecule has 1 aromatic heterocycles. The minimum absolute atomic E-state index is 0.0509. The van der Waals surface area contributed by atoms with Gasteiger partial charge in [0.1, 0.15) is 5.69 Å². The predicted octanol–water partition coefficient (Wildman–Crippen LogP) is 2.03. The van der Waals surface area contributed by atoms with Gasteiger partial charge in [-0.15, -0.1) is 0 Å². The van der Waals surface area contributed by atoms with Gasteiger partial charge in [0.05, 0.1) is 31.1 Å². The zero-order valence-electron chi connectivity index (χ0n) is 14.8. The van der Waals surface area contributed by atoms with Gasteiger partial charge in [-0.05, 0) is 20.8 Å². The lowest BCUT2D eigenvalue weighted by Crippen LogP contribution is -2.49. The van der Waals surface area contributed by atoms with E-state index in [4.69, 9.17) is 9.47 Å². The maximum atomic E-state index is 13.1. The number of rotatable bonds is 4. The van der Waals surface area contributed by atoms with E-state index in [1.54, 1.807) is 0 Å². The average molecular weight is 321 g/mol. The molecule has 0 aromatic carbocycles. The highest BCUT2D eigenvalue weighted by atomic mass is 16.5. The third-order valence-corrected chi connectivity index (χ3v) is 4.76. The second kappa shape index (κ2) is 5.91. The molecule has 1 amide bonds. The van der Waals surface area contributed by atoms with Crippen LogP contribution in [0.3, 0.4) is 0 Å². The molecule has 0 radical (unpaired) electrons. The van der Waals surface area contributed by atoms with Gasteiger partial charge in [0.25, 0.3) is 5.91 Å². The van der Waals surface area contributed by atoms with E-state index in [1.165, 1.54) is 0 Å². The number of carbonyl (C=O) groups is 1. The van der Waals surface area contributed by atoms with Gasteiger partial charge in [-0.3, -0.25) is 9.48 Å². The van der Waals surface area contributed by atoms with Crippen LogP contribution in [0.5, 0.6) is 0 Å². The van der Waals surface area contributed by atoms with Crippen molar-refractivity contribution in [2.45, 2.75) is 52.9 Å². The van der Waals surface area contributed by atoms with Crippen LogP contribution < -0.4 is 0 Å². The Morgan fingerprint density at radius 2 is 2.13 bits per heavy atom. The van der Waals surface area contributed by atoms with Crippen molar-refractivity contribution in [1.29, 1.82) is 0 Å². The van der Waals surface area contributed by atoms with Crippen molar-refractivity contribution in [2.75, 3.05) is 26.8 Å². The summed E-state index contributed by atoms with van der Waals surface area (Å²) in [6.45, 7) is 11.1. The van der Waals surface area contributed by atoms with E-state index in [0.29, 0.717) is 13.1 Å². The third kappa shape index (κ3) is 2.90. The molecule has 0 N–H and O–H groups in total. The van der Waals surface area contributed by atoms with Crippen molar-refractivity contribution in [3.63, 3.8) is 0 Å². The number of ether oxygens (including phenoxy) is 2. The summed E-state index contributed by atoms with van der Waals surface area (Å²) in [5.41, 5.74) is 2.78. The number of nitrogens with zero attached hydrogens (tertiary/aromatic N) is 3. The molecule has 2 aliphatic heterocycles. The molecule has 2 aliphatic rings. The standard InChI is InChI=1S/C17H27N3O3/c1-6-20-15(13-7-11(2)23-12(3)14(13)18-20)16(21)19(5)8-17(4)9-22-10-17/h11-12H,6-10H2,1-5H3/t11-,12+/m0/s1. The molecule has 3 rings (SSSR count). The molecule has 0 spiro atoms. The first-order chi connectivity index (χ1) is 10.8. The van der Waals surface area contributed by atoms with Crippen LogP contribution in [0.2, 0.25) is 0 Å². The van der Waals surface area contributed by atoms with Crippen molar-refractivity contribution in [1.82, 2.24) is 14.7 Å². The first kappa shape index (κ1) is 16.5. The first-order valence-electron chi connectivity index (χ1n) is 8.43. The number of aryl methyl sites for hydroxylation is 1. The zero-order chi connectivity index (χ0) is 16.8. The smallest absolute Gasteiger partial charge is 0.272 e. The molecule has 1 fully saturated rings. The molecular formula is C17H27N3O3. The number of fused-ring (bicyclic) bond motifs is 1. The topological polar surface area (TPSA) is 56.6 Å². The molecule has 3 heterocycles. The van der Waals surface area contributed by atoms with Crippen molar-refractivity contribution >= 4 is 5.91 Å². The molecular weight excluding hydrogens is 294 g/mol. The van der Waals surface area contributed by atoms with Crippen LogP contribution in [0.1, 0.15) is 55.5 Å². The quantitative estimate of drug-likeness (QED) is 0.851. The minimum Gasteiger partial charge on any atom is -0.380 e. The predicted molar refractivity (Wildman–Crippen MR) is 86.5 cm³/mol. The fourth-order valence-electron chi connectivity index (χ4n) is 3.63. The molecule has 0 saturated carbocycles. The Balaban J connectivity index is 1.90. The summed E-state index contributed by atoms with van der Waals surface area (Å²) in [5, 5.41) is 4.64. The van der Waals surface area contributed by atoms with Gasteiger partial charge < -0.3 is 14.4 Å². The SMILES string of the molecule is CCn1nc2c(c1C(=O)N(C)CC1(C)COC1)C[C@H](C)O[C@@H]2C. The Bertz CT molecular complexity index is 606. The van der Waals surface area contributed by atoms with Gasteiger partial charge in [-0.1, -0.05) is 6.92 Å². The number of hydrogen-bond acceptors (Lipinski definition) is 4. The molecule has 0 unspecified atom stereocenters. The molecule has 0 bridgehead atoms. The van der Waals surface area contributed by atoms with E-state index in [-0.39, 0.29) is 23.5 Å². The Morgan fingerprint density at radius 3 is 2.70 bits per heavy atom. The monoisotopic (exact) mass is 321 g/mol. The highest BCUT2D eigenvalue weighted by Crippen LogP contribution is 2.33. The van der Waals surface area contributed by atoms with Crippen molar-refractivity contribution in [3.8, 4) is 0 Å². The van der Waals surface area contributed by atoms with Crippen LogP contribution in [-0.2, 0) is 22.4 Å². The van der Waals surface area contributed by atoms with Gasteiger partial charge in [0.15, 0.2) is 0 Å². The average Bonchev–Trinajstić information content (AvgIpc) is 2.83. The van der Waals surface area contributed by atoms with Gasteiger partial charge in [0, 0.05) is 37.5 Å². The summed E-state index contributed by atoms with van der Waals surface area (Å²) in [4.78, 5) is 14.9. The Hall–Kier alpha value is -1.40. The largest absolute Gasteiger partial charge is 0.380 e. The third-order valence-electron chi connectivity index (χ3n) is 4.76. The van der Waals surface area contributed by atoms with Gasteiger partial charge in [-0.25, -0.2) is 0 Å². The number of hydrogen-bond donors (Lipinski definition) is 0. The Kier molecular flexibility index (Phi) is 4.23. The lowest BCUT2D eigenvalue weighted by atomic mass is 9.88. The van der Waals surface area contributed by atoms with Crippen LogP contribution in [0.25, 0.3) is 0 Å². The van der Waals surface area contributed by atoms with Crippen molar-refractivity contribution in [2.24, 2.45) is 5.41 Å². The van der Waals surface area contributed by atoms with E-state index in [1.807, 2.05) is 37.4 Å². The van der Waals surface area contributed by atoms with Crippen LogP contribution in [-0.4, -0.2) is 53.5 Å². The lowest BCUT2D eigenvalue weighted by molar-refractivity contribution is -0.109. The second-order valence-electron chi connectivity index (χ2n) is 7.29. The van der Waals surface area contributed by atoms with E-state index in [9.17, 15) is 4.79 Å². The molecule has 1 aromatic rings. The second-order valence-corrected chi connectivity index (χ2v) is 7.29. The van der Waals surface area contributed by atoms with Gasteiger partial charge in [0.2, 0.25) is 0 Å². The van der Waals surface area contributed by atoms with Crippen LogP contribution in [0.4, 0.5) is 0 Å². The Morgan fingerprint density at radius 1 is 1.43 bits per heavy atom. The van der Waals surface area contributed by atoms with E-state index < -0.39 is 0 Å². The first-order valence-corrected chi connectivity index (χ1v) is 8.43. The maximum absolute atomic E-state index is 13.1. The normalized spacial score (nSPS) is 25.6. The minimum atomic E-state index is -0.0593. The fraction of sp³-hybridized carbons (Fsp3) is 0.765. The van der Waals surface area contributed by atoms with E-state index in [2.05, 4.69) is 12.0 Å². The summed E-state index contributed by atoms with van der Waals surface area (Å²) in [6, 6.07) is 0. The van der Waals surface area contributed by atoms with Gasteiger partial charge in [-0.2, -0.15) is 5.10 Å². The molecule has 1 saturated heterocycles. The molecule has 2 atom stereocenters. The van der Waals surface area contributed by atoms with Crippen LogP contribution in [0, 0.1) is 5.41 Å². The molecule has 128 valence electrons. The molecule has 23 heavy (non-hydrogen) atoms. The van der Waals surface area contributed by atoms with Crippen molar-refractivity contribution < 1.29 is 14.3 Å². The number of amides is 1. The van der Waals surface area contributed by atoms with E-state index >= 15 is 0 Å². The van der Waals surface area contributed by atoms with Crippen molar-refractivity contribution in [3.05, 3.63) is 17.0 Å². The summed E-state index contributed by atoms with van der Waals surface area (Å²) >= 11 is 0. The summed E-state index contributed by atoms with van der Waals surface area (Å²) in [6.07, 6.45) is 0.798. The molecule has 6 heteroatoms. The maximum Gasteiger partial charge on any atom is 0.272 e. The van der Waals surface area contributed by atoms with Gasteiger partial charge >= 0.3 is 0 Å². The summed E-state index contributed by atoms with van der Waals surface area (Å²) in [5.74, 6) is 0.0509. The van der Waals surface area contributed by atoms with Crippen LogP contribution in [0.15, 0.2) is 0 Å². The molecule has 0 aliphatic carbocycles. The zero-order valence-corrected chi connectivity index (χ0v) is 14.8. The Labute approximate surface area is 137 Å². The highest BCUT2D eigenvalue weighted by molar-refractivity contribution is 5.94. The number of aromatic nitrogens is 2. The molecule has 6 nitrogen and oxygen atoms in total. The van der Waals surface area contributed by atoms with E-state index in [0.717, 1.165) is 36.6 Å². The fourth-order valence-corrected chi connectivity index (χ4v) is 3.63. The summed E-state index contributed by atoms with van der Waals surface area (Å²) < 4.78 is 13.0. The highest BCUT2D eigenvalue weighted by Gasteiger charge is 2.38. The summed E-state index contributed by atoms with van der Waals surface area (Å²) in [7, 11) is 1.87. The number of carbonyl (C=O) groups excluding carboxylic acids is 1. The van der Waals surface area contributed by atoms with Crippen LogP contribution >= 0.6 is 0 Å².